The molecule has 0 aliphatic rings. The summed E-state index contributed by atoms with van der Waals surface area (Å²) in [5.41, 5.74) is 4.04. The van der Waals surface area contributed by atoms with Crippen molar-refractivity contribution in [1.29, 1.82) is 0 Å². The Morgan fingerprint density at radius 1 is 1.00 bits per heavy atom. The van der Waals surface area contributed by atoms with Gasteiger partial charge in [0.25, 0.3) is 5.91 Å². The second kappa shape index (κ2) is 10.9. The maximum atomic E-state index is 12.8. The Labute approximate surface area is 190 Å². The van der Waals surface area contributed by atoms with Crippen LogP contribution in [0.25, 0.3) is 0 Å². The molecule has 0 aliphatic carbocycles. The Morgan fingerprint density at radius 3 is 2.38 bits per heavy atom. The van der Waals surface area contributed by atoms with Crippen LogP contribution in [0.5, 0.6) is 11.5 Å². The molecule has 2 aromatic carbocycles. The van der Waals surface area contributed by atoms with Gasteiger partial charge < -0.3 is 14.8 Å². The molecule has 1 aromatic heterocycles. The van der Waals surface area contributed by atoms with Crippen molar-refractivity contribution in [2.24, 2.45) is 0 Å². The lowest BCUT2D eigenvalue weighted by Crippen LogP contribution is -2.16. The molecule has 0 bridgehead atoms. The third-order valence-electron chi connectivity index (χ3n) is 5.22. The number of hydrogen-bond acceptors (Lipinski definition) is 4. The molecule has 0 spiro atoms. The summed E-state index contributed by atoms with van der Waals surface area (Å²) in [6.45, 7) is 10.8. The fraction of sp³-hybridized carbons (Fsp3) is 0.333. The van der Waals surface area contributed by atoms with Crippen LogP contribution < -0.4 is 10.1 Å². The number of hydrogen-bond donors (Lipinski definition) is 1. The van der Waals surface area contributed by atoms with Gasteiger partial charge in [-0.15, -0.1) is 0 Å². The van der Waals surface area contributed by atoms with Gasteiger partial charge in [-0.1, -0.05) is 32.0 Å². The molecule has 0 saturated heterocycles. The maximum absolute atomic E-state index is 12.8. The molecule has 1 N–H and O–H groups in total. The number of rotatable bonds is 9. The van der Waals surface area contributed by atoms with Crippen LogP contribution in [0.1, 0.15) is 60.9 Å². The average molecular weight is 433 g/mol. The Balaban J connectivity index is 1.65. The van der Waals surface area contributed by atoms with Crippen LogP contribution in [-0.2, 0) is 11.2 Å². The van der Waals surface area contributed by atoms with Crippen molar-refractivity contribution in [3.63, 3.8) is 0 Å². The molecule has 0 fully saturated rings. The van der Waals surface area contributed by atoms with E-state index in [0.29, 0.717) is 29.5 Å². The SMILES string of the molecule is CCOC(C)Cc1ccc(C(=O)Nc2ccc(Oc3ccccc3C(C)C)cc2)c(C)n1. The minimum Gasteiger partial charge on any atom is -0.457 e. The lowest BCUT2D eigenvalue weighted by Gasteiger charge is -2.14. The lowest BCUT2D eigenvalue weighted by molar-refractivity contribution is 0.0761. The molecular weight excluding hydrogens is 400 g/mol. The zero-order valence-electron chi connectivity index (χ0n) is 19.5. The minimum absolute atomic E-state index is 0.0970. The van der Waals surface area contributed by atoms with Gasteiger partial charge in [-0.2, -0.15) is 0 Å². The van der Waals surface area contributed by atoms with E-state index >= 15 is 0 Å². The number of pyridine rings is 1. The third-order valence-corrected chi connectivity index (χ3v) is 5.22. The van der Waals surface area contributed by atoms with E-state index in [0.717, 1.165) is 29.2 Å². The molecular formula is C27H32N2O3. The summed E-state index contributed by atoms with van der Waals surface area (Å²) >= 11 is 0. The van der Waals surface area contributed by atoms with Crippen molar-refractivity contribution < 1.29 is 14.3 Å². The van der Waals surface area contributed by atoms with E-state index < -0.39 is 0 Å². The van der Waals surface area contributed by atoms with E-state index in [2.05, 4.69) is 30.2 Å². The van der Waals surface area contributed by atoms with Crippen LogP contribution >= 0.6 is 0 Å². The largest absolute Gasteiger partial charge is 0.457 e. The molecule has 168 valence electrons. The number of anilines is 1. The van der Waals surface area contributed by atoms with Crippen LogP contribution in [0.4, 0.5) is 5.69 Å². The first kappa shape index (κ1) is 23.5. The predicted octanol–water partition coefficient (Wildman–Crippen LogP) is 6.53. The number of para-hydroxylation sites is 1. The van der Waals surface area contributed by atoms with E-state index in [4.69, 9.17) is 9.47 Å². The van der Waals surface area contributed by atoms with Gasteiger partial charge in [0.05, 0.1) is 17.4 Å². The summed E-state index contributed by atoms with van der Waals surface area (Å²) in [7, 11) is 0. The summed E-state index contributed by atoms with van der Waals surface area (Å²) in [5.74, 6) is 1.76. The maximum Gasteiger partial charge on any atom is 0.257 e. The molecule has 1 amide bonds. The van der Waals surface area contributed by atoms with Crippen molar-refractivity contribution >= 4 is 11.6 Å². The van der Waals surface area contributed by atoms with Gasteiger partial charge in [0.2, 0.25) is 0 Å². The predicted molar refractivity (Wildman–Crippen MR) is 129 cm³/mol. The number of aryl methyl sites for hydroxylation is 1. The number of amides is 1. The molecule has 32 heavy (non-hydrogen) atoms. The van der Waals surface area contributed by atoms with Crippen molar-refractivity contribution in [2.75, 3.05) is 11.9 Å². The van der Waals surface area contributed by atoms with Crippen LogP contribution in [0, 0.1) is 6.92 Å². The average Bonchev–Trinajstić information content (AvgIpc) is 2.75. The van der Waals surface area contributed by atoms with Crippen molar-refractivity contribution in [2.45, 2.75) is 53.1 Å². The highest BCUT2D eigenvalue weighted by atomic mass is 16.5. The van der Waals surface area contributed by atoms with E-state index in [9.17, 15) is 4.79 Å². The summed E-state index contributed by atoms with van der Waals surface area (Å²) < 4.78 is 11.6. The molecule has 1 unspecified atom stereocenters. The van der Waals surface area contributed by atoms with E-state index in [1.807, 2.05) is 75.4 Å². The number of nitrogens with one attached hydrogen (secondary N) is 1. The lowest BCUT2D eigenvalue weighted by atomic mass is 10.0. The van der Waals surface area contributed by atoms with Crippen LogP contribution in [0.3, 0.4) is 0 Å². The van der Waals surface area contributed by atoms with Crippen molar-refractivity contribution in [3.8, 4) is 11.5 Å². The van der Waals surface area contributed by atoms with Crippen LogP contribution in [0.2, 0.25) is 0 Å². The van der Waals surface area contributed by atoms with Crippen LogP contribution in [-0.4, -0.2) is 23.6 Å². The smallest absolute Gasteiger partial charge is 0.257 e. The second-order valence-corrected chi connectivity index (χ2v) is 8.18. The van der Waals surface area contributed by atoms with Gasteiger partial charge in [-0.25, -0.2) is 0 Å². The highest BCUT2D eigenvalue weighted by molar-refractivity contribution is 6.05. The molecule has 1 atom stereocenters. The second-order valence-electron chi connectivity index (χ2n) is 8.18. The fourth-order valence-corrected chi connectivity index (χ4v) is 3.59. The Morgan fingerprint density at radius 2 is 1.72 bits per heavy atom. The zero-order chi connectivity index (χ0) is 23.1. The third kappa shape index (κ3) is 6.17. The standard InChI is InChI=1S/C27H32N2O3/c1-6-31-19(4)17-22-13-16-25(20(5)28-22)27(30)29-21-11-14-23(15-12-21)32-26-10-8-7-9-24(26)18(2)3/h7-16,18-19H,6,17H2,1-5H3,(H,29,30). The summed E-state index contributed by atoms with van der Waals surface area (Å²) in [4.78, 5) is 17.3. The van der Waals surface area contributed by atoms with Gasteiger partial charge in [0, 0.05) is 24.4 Å². The Hall–Kier alpha value is -3.18. The molecule has 5 nitrogen and oxygen atoms in total. The number of aromatic nitrogens is 1. The van der Waals surface area contributed by atoms with Gasteiger partial charge >= 0.3 is 0 Å². The van der Waals surface area contributed by atoms with Gasteiger partial charge in [-0.05, 0) is 74.7 Å². The van der Waals surface area contributed by atoms with Crippen molar-refractivity contribution in [3.05, 3.63) is 83.2 Å². The summed E-state index contributed by atoms with van der Waals surface area (Å²) in [6, 6.07) is 19.1. The van der Waals surface area contributed by atoms with E-state index in [1.165, 1.54) is 0 Å². The first-order chi connectivity index (χ1) is 15.4. The van der Waals surface area contributed by atoms with E-state index in [1.54, 1.807) is 0 Å². The minimum atomic E-state index is -0.182. The first-order valence-corrected chi connectivity index (χ1v) is 11.1. The number of benzene rings is 2. The normalized spacial score (nSPS) is 11.9. The summed E-state index contributed by atoms with van der Waals surface area (Å²) in [6.07, 6.45) is 0.817. The molecule has 0 saturated carbocycles. The Kier molecular flexibility index (Phi) is 8.01. The van der Waals surface area contributed by atoms with E-state index in [-0.39, 0.29) is 12.0 Å². The topological polar surface area (TPSA) is 60.5 Å². The van der Waals surface area contributed by atoms with Gasteiger partial charge in [-0.3, -0.25) is 9.78 Å². The molecule has 0 radical (unpaired) electrons. The quantitative estimate of drug-likeness (QED) is 0.418. The van der Waals surface area contributed by atoms with Crippen LogP contribution in [0.15, 0.2) is 60.7 Å². The molecule has 1 heterocycles. The zero-order valence-corrected chi connectivity index (χ0v) is 19.5. The van der Waals surface area contributed by atoms with Gasteiger partial charge in [0.15, 0.2) is 0 Å². The van der Waals surface area contributed by atoms with Crippen molar-refractivity contribution in [1.82, 2.24) is 4.98 Å². The number of nitrogens with zero attached hydrogens (tertiary/aromatic N) is 1. The highest BCUT2D eigenvalue weighted by Gasteiger charge is 2.13. The summed E-state index contributed by atoms with van der Waals surface area (Å²) in [5, 5.41) is 2.94. The molecule has 3 aromatic rings. The first-order valence-electron chi connectivity index (χ1n) is 11.1. The number of ether oxygens (including phenoxy) is 2. The highest BCUT2D eigenvalue weighted by Crippen LogP contribution is 2.30. The Bertz CT molecular complexity index is 1050. The number of carbonyl (C=O) groups is 1. The van der Waals surface area contributed by atoms with Gasteiger partial charge in [0.1, 0.15) is 11.5 Å². The monoisotopic (exact) mass is 432 g/mol. The molecule has 0 aliphatic heterocycles. The molecule has 5 heteroatoms. The number of carbonyl (C=O) groups excluding carboxylic acids is 1. The molecule has 3 rings (SSSR count). The fourth-order valence-electron chi connectivity index (χ4n) is 3.59.